The molecular weight excluding hydrogens is 424 g/mol. The van der Waals surface area contributed by atoms with Gasteiger partial charge in [-0.05, 0) is 71.2 Å². The molecule has 170 valence electrons. The Labute approximate surface area is 205 Å². The Morgan fingerprint density at radius 2 is 1.54 bits per heavy atom. The van der Waals surface area contributed by atoms with Crippen LogP contribution in [-0.2, 0) is 7.05 Å². The Hall–Kier alpha value is -3.91. The van der Waals surface area contributed by atoms with Crippen molar-refractivity contribution in [2.45, 2.75) is 33.6 Å². The van der Waals surface area contributed by atoms with Gasteiger partial charge in [0.2, 0.25) is 5.52 Å². The van der Waals surface area contributed by atoms with E-state index in [0.29, 0.717) is 5.92 Å². The van der Waals surface area contributed by atoms with Gasteiger partial charge >= 0.3 is 0 Å². The smallest absolute Gasteiger partial charge is 0.224 e. The molecule has 0 unspecified atom stereocenters. The number of aromatic nitrogens is 2. The number of hydrogen-bond acceptors (Lipinski definition) is 0. The minimum absolute atomic E-state index is 0.464. The molecule has 2 nitrogen and oxygen atoms in total. The van der Waals surface area contributed by atoms with Gasteiger partial charge in [0.05, 0.1) is 27.3 Å². The summed E-state index contributed by atoms with van der Waals surface area (Å²) in [4.78, 5) is 0. The zero-order valence-corrected chi connectivity index (χ0v) is 21.0. The monoisotopic (exact) mass is 453 g/mol. The normalized spacial score (nSPS) is 12.4. The molecular formula is C33H29N2+. The molecule has 0 fully saturated rings. The van der Waals surface area contributed by atoms with E-state index in [1.54, 1.807) is 0 Å². The molecule has 3 aromatic heterocycles. The topological polar surface area (TPSA) is 8.29 Å². The summed E-state index contributed by atoms with van der Waals surface area (Å²) < 4.78 is 4.87. The fourth-order valence-corrected chi connectivity index (χ4v) is 6.07. The Morgan fingerprint density at radius 3 is 2.31 bits per heavy atom. The van der Waals surface area contributed by atoms with Gasteiger partial charge in [-0.2, -0.15) is 0 Å². The highest BCUT2D eigenvalue weighted by Gasteiger charge is 2.25. The zero-order valence-electron chi connectivity index (χ0n) is 21.0. The van der Waals surface area contributed by atoms with Crippen LogP contribution in [0.15, 0.2) is 79.0 Å². The minimum atomic E-state index is 0.464. The van der Waals surface area contributed by atoms with Crippen molar-refractivity contribution >= 4 is 49.0 Å². The molecule has 0 atom stereocenters. The first kappa shape index (κ1) is 20.5. The van der Waals surface area contributed by atoms with Gasteiger partial charge in [0, 0.05) is 16.8 Å². The highest BCUT2D eigenvalue weighted by Crippen LogP contribution is 2.43. The summed E-state index contributed by atoms with van der Waals surface area (Å²) in [6, 6.07) is 27.2. The van der Waals surface area contributed by atoms with E-state index in [1.807, 2.05) is 0 Å². The second kappa shape index (κ2) is 7.05. The van der Waals surface area contributed by atoms with Gasteiger partial charge in [0.15, 0.2) is 6.20 Å². The predicted octanol–water partition coefficient (Wildman–Crippen LogP) is 8.22. The third-order valence-electron chi connectivity index (χ3n) is 8.06. The van der Waals surface area contributed by atoms with Crippen LogP contribution >= 0.6 is 0 Å². The number of benzene rings is 4. The van der Waals surface area contributed by atoms with Crippen LogP contribution in [0.4, 0.5) is 0 Å². The highest BCUT2D eigenvalue weighted by atomic mass is 15.0. The average molecular weight is 454 g/mol. The Morgan fingerprint density at radius 1 is 0.743 bits per heavy atom. The maximum absolute atomic E-state index is 2.56. The fourth-order valence-electron chi connectivity index (χ4n) is 6.07. The van der Waals surface area contributed by atoms with Crippen LogP contribution in [0.3, 0.4) is 0 Å². The van der Waals surface area contributed by atoms with Crippen LogP contribution in [-0.4, -0.2) is 4.40 Å². The second-order valence-electron chi connectivity index (χ2n) is 10.5. The van der Waals surface area contributed by atoms with E-state index >= 15 is 0 Å². The first-order valence-electron chi connectivity index (χ1n) is 12.5. The van der Waals surface area contributed by atoms with E-state index in [-0.39, 0.29) is 0 Å². The first-order valence-corrected chi connectivity index (χ1v) is 12.5. The van der Waals surface area contributed by atoms with E-state index in [2.05, 4.69) is 123 Å². The summed E-state index contributed by atoms with van der Waals surface area (Å²) in [6.45, 7) is 9.12. The van der Waals surface area contributed by atoms with E-state index in [9.17, 15) is 0 Å². The van der Waals surface area contributed by atoms with Crippen LogP contribution in [0.1, 0.15) is 36.5 Å². The molecule has 0 aliphatic carbocycles. The van der Waals surface area contributed by atoms with Crippen molar-refractivity contribution in [3.8, 4) is 11.1 Å². The number of pyridine rings is 2. The van der Waals surface area contributed by atoms with Crippen molar-refractivity contribution in [2.75, 3.05) is 0 Å². The summed E-state index contributed by atoms with van der Waals surface area (Å²) in [5, 5.41) is 6.71. The lowest BCUT2D eigenvalue weighted by Crippen LogP contribution is -2.29. The van der Waals surface area contributed by atoms with E-state index in [4.69, 9.17) is 0 Å². The van der Waals surface area contributed by atoms with Gasteiger partial charge in [-0.25, -0.2) is 4.57 Å². The number of hydrogen-bond donors (Lipinski definition) is 0. The van der Waals surface area contributed by atoms with Gasteiger partial charge in [-0.15, -0.1) is 0 Å². The molecule has 3 heterocycles. The molecule has 7 aromatic rings. The van der Waals surface area contributed by atoms with Crippen LogP contribution < -0.4 is 4.57 Å². The fraction of sp³-hybridized carbons (Fsp3) is 0.182. The van der Waals surface area contributed by atoms with Crippen molar-refractivity contribution in [3.05, 3.63) is 95.7 Å². The molecule has 0 aliphatic rings. The predicted molar refractivity (Wildman–Crippen MR) is 149 cm³/mol. The molecule has 0 amide bonds. The lowest BCUT2D eigenvalue weighted by Gasteiger charge is -2.16. The maximum Gasteiger partial charge on any atom is 0.224 e. The summed E-state index contributed by atoms with van der Waals surface area (Å²) in [7, 11) is 2.19. The standard InChI is InChI=1S/C33H29N2/c1-19(2)25-16-24-13-14-34(5)33-30-21(4)20(3)15-27-26-12-11-23(22-9-7-6-8-10-22)17-28(26)35(32(27)30)29(18-25)31(24)33/h6-19H,1-5H3/q+1. The SMILES string of the molecule is Cc1cc2c3ccc(-c4ccccc4)cc3n3c4cc(C(C)C)cc5cc[n+](C)c(c(c1C)c23)c54. The third kappa shape index (κ3) is 2.68. The Balaban J connectivity index is 1.82. The van der Waals surface area contributed by atoms with E-state index in [1.165, 1.54) is 76.8 Å². The average Bonchev–Trinajstić information content (AvgIpc) is 3.19. The summed E-state index contributed by atoms with van der Waals surface area (Å²) >= 11 is 0. The largest absolute Gasteiger partial charge is 0.307 e. The molecule has 0 aliphatic heterocycles. The zero-order chi connectivity index (χ0) is 24.0. The van der Waals surface area contributed by atoms with Crippen molar-refractivity contribution < 1.29 is 4.57 Å². The third-order valence-corrected chi connectivity index (χ3v) is 8.06. The molecule has 0 radical (unpaired) electrons. The molecule has 0 saturated heterocycles. The van der Waals surface area contributed by atoms with Gasteiger partial charge in [-0.1, -0.05) is 62.4 Å². The van der Waals surface area contributed by atoms with Crippen molar-refractivity contribution in [1.82, 2.24) is 4.40 Å². The van der Waals surface area contributed by atoms with Crippen LogP contribution in [0.25, 0.3) is 60.1 Å². The van der Waals surface area contributed by atoms with Gasteiger partial charge < -0.3 is 4.40 Å². The number of aryl methyl sites for hydroxylation is 3. The molecule has 35 heavy (non-hydrogen) atoms. The van der Waals surface area contributed by atoms with Gasteiger partial charge in [0.25, 0.3) is 0 Å². The Bertz CT molecular complexity index is 1940. The van der Waals surface area contributed by atoms with Crippen molar-refractivity contribution in [2.24, 2.45) is 7.05 Å². The molecule has 0 spiro atoms. The second-order valence-corrected chi connectivity index (χ2v) is 10.5. The van der Waals surface area contributed by atoms with Crippen LogP contribution in [0.2, 0.25) is 0 Å². The van der Waals surface area contributed by atoms with Crippen molar-refractivity contribution in [3.63, 3.8) is 0 Å². The highest BCUT2D eigenvalue weighted by molar-refractivity contribution is 6.26. The van der Waals surface area contributed by atoms with Crippen LogP contribution in [0, 0.1) is 13.8 Å². The number of nitrogens with zero attached hydrogens (tertiary/aromatic N) is 2. The number of fused-ring (bicyclic) bond motifs is 5. The molecule has 0 saturated carbocycles. The molecule has 4 aromatic carbocycles. The van der Waals surface area contributed by atoms with Crippen molar-refractivity contribution in [1.29, 1.82) is 0 Å². The lowest BCUT2D eigenvalue weighted by atomic mass is 9.94. The Kier molecular flexibility index (Phi) is 4.12. The van der Waals surface area contributed by atoms with Crippen LogP contribution in [0.5, 0.6) is 0 Å². The quantitative estimate of drug-likeness (QED) is 0.142. The van der Waals surface area contributed by atoms with E-state index in [0.717, 1.165) is 0 Å². The van der Waals surface area contributed by atoms with Gasteiger partial charge in [0.1, 0.15) is 7.05 Å². The molecule has 0 bridgehead atoms. The summed E-state index contributed by atoms with van der Waals surface area (Å²) in [5.41, 5.74) is 11.9. The first-order chi connectivity index (χ1) is 16.9. The molecule has 7 rings (SSSR count). The van der Waals surface area contributed by atoms with E-state index < -0.39 is 0 Å². The number of rotatable bonds is 2. The summed E-state index contributed by atoms with van der Waals surface area (Å²) in [5.74, 6) is 0.464. The molecule has 2 heteroatoms. The van der Waals surface area contributed by atoms with Gasteiger partial charge in [-0.3, -0.25) is 0 Å². The minimum Gasteiger partial charge on any atom is -0.307 e. The summed E-state index contributed by atoms with van der Waals surface area (Å²) in [6.07, 6.45) is 2.23. The lowest BCUT2D eigenvalue weighted by molar-refractivity contribution is -0.643. The molecule has 0 N–H and O–H groups in total. The maximum atomic E-state index is 2.56.